The Hall–Kier alpha value is -2.57. The van der Waals surface area contributed by atoms with E-state index in [4.69, 9.17) is 9.47 Å². The fourth-order valence-electron chi connectivity index (χ4n) is 4.05. The van der Waals surface area contributed by atoms with Crippen LogP contribution in [0.3, 0.4) is 0 Å². The number of thiophene rings is 1. The van der Waals surface area contributed by atoms with Crippen LogP contribution in [0.4, 0.5) is 0 Å². The third kappa shape index (κ3) is 4.30. The lowest BCUT2D eigenvalue weighted by Crippen LogP contribution is -2.31. The van der Waals surface area contributed by atoms with Gasteiger partial charge in [-0.25, -0.2) is 0 Å². The molecule has 3 aromatic rings. The molecule has 2 heterocycles. The van der Waals surface area contributed by atoms with E-state index in [1.165, 1.54) is 15.6 Å². The Labute approximate surface area is 181 Å². The molecule has 1 amide bonds. The number of benzene rings is 2. The maximum atomic E-state index is 13.3. The summed E-state index contributed by atoms with van der Waals surface area (Å²) in [5.41, 5.74) is 1.23. The molecular weight excluding hydrogens is 396 g/mol. The third-order valence-corrected chi connectivity index (χ3v) is 6.90. The highest BCUT2D eigenvalue weighted by molar-refractivity contribution is 7.21. The molecule has 0 bridgehead atoms. The van der Waals surface area contributed by atoms with Gasteiger partial charge in [0.1, 0.15) is 18.1 Å². The van der Waals surface area contributed by atoms with Gasteiger partial charge in [0.15, 0.2) is 0 Å². The first-order valence-corrected chi connectivity index (χ1v) is 11.1. The molecule has 2 aromatic carbocycles. The minimum absolute atomic E-state index is 0.0825. The summed E-state index contributed by atoms with van der Waals surface area (Å²) in [5.74, 6) is 2.06. The van der Waals surface area contributed by atoms with Gasteiger partial charge in [-0.2, -0.15) is 0 Å². The first-order chi connectivity index (χ1) is 14.6. The normalized spacial score (nSPS) is 16.7. The van der Waals surface area contributed by atoms with Gasteiger partial charge in [-0.3, -0.25) is 4.79 Å². The Morgan fingerprint density at radius 1 is 1.17 bits per heavy atom. The summed E-state index contributed by atoms with van der Waals surface area (Å²) in [4.78, 5) is 18.3. The van der Waals surface area contributed by atoms with Gasteiger partial charge < -0.3 is 19.3 Å². The van der Waals surface area contributed by atoms with Crippen LogP contribution in [0.2, 0.25) is 0 Å². The second kappa shape index (κ2) is 9.06. The van der Waals surface area contributed by atoms with Gasteiger partial charge in [-0.15, -0.1) is 11.3 Å². The largest absolute Gasteiger partial charge is 0.497 e. The molecule has 1 atom stereocenters. The van der Waals surface area contributed by atoms with Crippen LogP contribution in [0.1, 0.15) is 27.6 Å². The van der Waals surface area contributed by atoms with E-state index < -0.39 is 0 Å². The molecular formula is C24H28N2O3S. The van der Waals surface area contributed by atoms with Crippen LogP contribution >= 0.6 is 11.3 Å². The van der Waals surface area contributed by atoms with Crippen molar-refractivity contribution >= 4 is 27.3 Å². The van der Waals surface area contributed by atoms with E-state index in [1.54, 1.807) is 23.3 Å². The molecule has 6 heteroatoms. The van der Waals surface area contributed by atoms with Crippen LogP contribution in [0.15, 0.2) is 48.5 Å². The summed E-state index contributed by atoms with van der Waals surface area (Å²) >= 11 is 1.62. The van der Waals surface area contributed by atoms with Crippen LogP contribution in [-0.4, -0.2) is 63.2 Å². The van der Waals surface area contributed by atoms with E-state index in [-0.39, 0.29) is 5.91 Å². The maximum Gasteiger partial charge on any atom is 0.264 e. The number of rotatable bonds is 7. The molecule has 5 nitrogen and oxygen atoms in total. The standard InChI is InChI=1S/C24H28N2O3S/c1-25-13-12-17(16-25)22-20-6-4-5-7-21(20)30-23(22)24(27)26(2)14-15-29-19-10-8-18(28-3)9-11-19/h4-11,17H,12-16H2,1-3H3/t17-/m0/s1. The van der Waals surface area contributed by atoms with E-state index in [2.05, 4.69) is 30.1 Å². The molecule has 0 spiro atoms. The number of nitrogens with zero attached hydrogens (tertiary/aromatic N) is 2. The summed E-state index contributed by atoms with van der Waals surface area (Å²) in [7, 11) is 5.65. The number of likely N-dealkylation sites (N-methyl/N-ethyl adjacent to an activating group) is 2. The van der Waals surface area contributed by atoms with Crippen molar-refractivity contribution in [3.8, 4) is 11.5 Å². The number of hydrogen-bond donors (Lipinski definition) is 0. The quantitative estimate of drug-likeness (QED) is 0.561. The number of fused-ring (bicyclic) bond motifs is 1. The van der Waals surface area contributed by atoms with Crippen molar-refractivity contribution in [3.05, 3.63) is 59.0 Å². The highest BCUT2D eigenvalue weighted by Crippen LogP contribution is 2.40. The monoisotopic (exact) mass is 424 g/mol. The number of amides is 1. The summed E-state index contributed by atoms with van der Waals surface area (Å²) in [6.45, 7) is 3.06. The van der Waals surface area contributed by atoms with Gasteiger partial charge in [-0.1, -0.05) is 18.2 Å². The Morgan fingerprint density at radius 3 is 2.60 bits per heavy atom. The van der Waals surface area contributed by atoms with Crippen molar-refractivity contribution in [1.29, 1.82) is 0 Å². The third-order valence-electron chi connectivity index (χ3n) is 5.73. The molecule has 0 unspecified atom stereocenters. The Balaban J connectivity index is 1.47. The average molecular weight is 425 g/mol. The molecule has 30 heavy (non-hydrogen) atoms. The maximum absolute atomic E-state index is 13.3. The molecule has 0 N–H and O–H groups in total. The van der Waals surface area contributed by atoms with E-state index in [1.807, 2.05) is 37.4 Å². The lowest BCUT2D eigenvalue weighted by atomic mass is 9.95. The Morgan fingerprint density at radius 2 is 1.90 bits per heavy atom. The second-order valence-corrected chi connectivity index (χ2v) is 8.89. The molecule has 1 saturated heterocycles. The minimum atomic E-state index is 0.0825. The number of methoxy groups -OCH3 is 1. The van der Waals surface area contributed by atoms with Crippen molar-refractivity contribution < 1.29 is 14.3 Å². The lowest BCUT2D eigenvalue weighted by Gasteiger charge is -2.19. The van der Waals surface area contributed by atoms with Gasteiger partial charge in [0.25, 0.3) is 5.91 Å². The van der Waals surface area contributed by atoms with Crippen LogP contribution < -0.4 is 9.47 Å². The van der Waals surface area contributed by atoms with Crippen molar-refractivity contribution in [2.45, 2.75) is 12.3 Å². The van der Waals surface area contributed by atoms with Crippen molar-refractivity contribution in [2.75, 3.05) is 47.4 Å². The van der Waals surface area contributed by atoms with E-state index in [9.17, 15) is 4.79 Å². The number of ether oxygens (including phenoxy) is 2. The topological polar surface area (TPSA) is 42.0 Å². The average Bonchev–Trinajstić information content (AvgIpc) is 3.36. The molecule has 0 saturated carbocycles. The van der Waals surface area contributed by atoms with Gasteiger partial charge in [0.2, 0.25) is 0 Å². The smallest absolute Gasteiger partial charge is 0.264 e. The van der Waals surface area contributed by atoms with Crippen molar-refractivity contribution in [3.63, 3.8) is 0 Å². The van der Waals surface area contributed by atoms with E-state index in [0.29, 0.717) is 19.1 Å². The van der Waals surface area contributed by atoms with E-state index in [0.717, 1.165) is 35.9 Å². The zero-order valence-corrected chi connectivity index (χ0v) is 18.6. The summed E-state index contributed by atoms with van der Waals surface area (Å²) < 4.78 is 12.2. The first kappa shape index (κ1) is 20.7. The summed E-state index contributed by atoms with van der Waals surface area (Å²) in [5, 5.41) is 1.23. The van der Waals surface area contributed by atoms with Crippen molar-refractivity contribution in [1.82, 2.24) is 9.80 Å². The number of carbonyl (C=O) groups excluding carboxylic acids is 1. The van der Waals surface area contributed by atoms with Crippen molar-refractivity contribution in [2.24, 2.45) is 0 Å². The van der Waals surface area contributed by atoms with Crippen LogP contribution in [0.5, 0.6) is 11.5 Å². The molecule has 1 fully saturated rings. The molecule has 4 rings (SSSR count). The van der Waals surface area contributed by atoms with E-state index >= 15 is 0 Å². The fraction of sp³-hybridized carbons (Fsp3) is 0.375. The predicted molar refractivity (Wildman–Crippen MR) is 122 cm³/mol. The molecule has 1 aliphatic heterocycles. The molecule has 1 aromatic heterocycles. The molecule has 0 radical (unpaired) electrons. The molecule has 0 aliphatic carbocycles. The molecule has 158 valence electrons. The first-order valence-electron chi connectivity index (χ1n) is 10.3. The van der Waals surface area contributed by atoms with Gasteiger partial charge in [-0.05, 0) is 61.3 Å². The fourth-order valence-corrected chi connectivity index (χ4v) is 5.33. The number of likely N-dealkylation sites (tertiary alicyclic amines) is 1. The Bertz CT molecular complexity index is 1010. The minimum Gasteiger partial charge on any atom is -0.497 e. The highest BCUT2D eigenvalue weighted by Gasteiger charge is 2.30. The summed E-state index contributed by atoms with van der Waals surface area (Å²) in [6, 6.07) is 15.9. The van der Waals surface area contributed by atoms with Crippen LogP contribution in [0.25, 0.3) is 10.1 Å². The van der Waals surface area contributed by atoms with Crippen LogP contribution in [-0.2, 0) is 0 Å². The van der Waals surface area contributed by atoms with Gasteiger partial charge >= 0.3 is 0 Å². The van der Waals surface area contributed by atoms with Gasteiger partial charge in [0, 0.05) is 24.2 Å². The zero-order chi connectivity index (χ0) is 21.1. The van der Waals surface area contributed by atoms with Crippen LogP contribution in [0, 0.1) is 0 Å². The summed E-state index contributed by atoms with van der Waals surface area (Å²) in [6.07, 6.45) is 1.10. The number of hydrogen-bond acceptors (Lipinski definition) is 5. The SMILES string of the molecule is COc1ccc(OCCN(C)C(=O)c2sc3ccccc3c2[C@H]2CCN(C)C2)cc1. The Kier molecular flexibility index (Phi) is 6.25. The zero-order valence-electron chi connectivity index (χ0n) is 17.8. The lowest BCUT2D eigenvalue weighted by molar-refractivity contribution is 0.0777. The molecule has 1 aliphatic rings. The predicted octanol–water partition coefficient (Wildman–Crippen LogP) is 4.48. The number of carbonyl (C=O) groups is 1. The highest BCUT2D eigenvalue weighted by atomic mass is 32.1. The van der Waals surface area contributed by atoms with Gasteiger partial charge in [0.05, 0.1) is 18.5 Å². The second-order valence-electron chi connectivity index (χ2n) is 7.84.